The molecule has 1 heterocycles. The number of rotatable bonds is 4. The fourth-order valence-corrected chi connectivity index (χ4v) is 3.59. The Kier molecular flexibility index (Phi) is 5.85. The van der Waals surface area contributed by atoms with Gasteiger partial charge in [-0.15, -0.1) is 0 Å². The molecule has 1 aliphatic heterocycles. The number of carbonyl (C=O) groups excluding carboxylic acids is 1. The van der Waals surface area contributed by atoms with Gasteiger partial charge in [-0.3, -0.25) is 9.69 Å². The van der Waals surface area contributed by atoms with Crippen molar-refractivity contribution < 1.29 is 4.79 Å². The molecule has 1 aliphatic carbocycles. The van der Waals surface area contributed by atoms with Crippen LogP contribution in [-0.4, -0.2) is 42.5 Å². The van der Waals surface area contributed by atoms with E-state index in [4.69, 9.17) is 5.73 Å². The Morgan fingerprint density at radius 1 is 1.30 bits per heavy atom. The zero-order valence-electron chi connectivity index (χ0n) is 13.1. The van der Waals surface area contributed by atoms with E-state index in [-0.39, 0.29) is 17.9 Å². The molecule has 0 aromatic rings. The second-order valence-corrected chi connectivity index (χ2v) is 6.85. The summed E-state index contributed by atoms with van der Waals surface area (Å²) in [6.07, 6.45) is 6.95. The van der Waals surface area contributed by atoms with E-state index in [9.17, 15) is 4.79 Å². The monoisotopic (exact) mass is 281 g/mol. The lowest BCUT2D eigenvalue weighted by Crippen LogP contribution is -2.47. The zero-order valence-corrected chi connectivity index (χ0v) is 13.1. The summed E-state index contributed by atoms with van der Waals surface area (Å²) >= 11 is 0. The summed E-state index contributed by atoms with van der Waals surface area (Å²) in [6, 6.07) is 0.660. The Balaban J connectivity index is 1.76. The van der Waals surface area contributed by atoms with Gasteiger partial charge >= 0.3 is 0 Å². The van der Waals surface area contributed by atoms with Gasteiger partial charge in [0.05, 0.1) is 0 Å². The molecule has 4 atom stereocenters. The van der Waals surface area contributed by atoms with Crippen LogP contribution in [0.4, 0.5) is 0 Å². The van der Waals surface area contributed by atoms with Gasteiger partial charge in [-0.2, -0.15) is 0 Å². The SMILES string of the molecule is CC1CCC(N)CC1C(=O)NCC(C)N1CCCCC1. The number of piperidine rings is 1. The van der Waals surface area contributed by atoms with Crippen molar-refractivity contribution in [2.45, 2.75) is 64.5 Å². The van der Waals surface area contributed by atoms with Gasteiger partial charge in [0.1, 0.15) is 0 Å². The number of carbonyl (C=O) groups is 1. The largest absolute Gasteiger partial charge is 0.354 e. The van der Waals surface area contributed by atoms with Crippen molar-refractivity contribution >= 4 is 5.91 Å². The number of nitrogens with zero attached hydrogens (tertiary/aromatic N) is 1. The molecule has 0 bridgehead atoms. The summed E-state index contributed by atoms with van der Waals surface area (Å²) in [5.41, 5.74) is 6.01. The minimum Gasteiger partial charge on any atom is -0.354 e. The molecule has 2 fully saturated rings. The summed E-state index contributed by atoms with van der Waals surface area (Å²) in [4.78, 5) is 14.9. The van der Waals surface area contributed by atoms with Crippen molar-refractivity contribution in [1.29, 1.82) is 0 Å². The van der Waals surface area contributed by atoms with Gasteiger partial charge in [0.15, 0.2) is 0 Å². The van der Waals surface area contributed by atoms with Crippen molar-refractivity contribution in [3.8, 4) is 0 Å². The average Bonchev–Trinajstić information content (AvgIpc) is 2.47. The van der Waals surface area contributed by atoms with Crippen molar-refractivity contribution in [3.05, 3.63) is 0 Å². The lowest BCUT2D eigenvalue weighted by atomic mass is 9.77. The number of hydrogen-bond donors (Lipinski definition) is 2. The van der Waals surface area contributed by atoms with E-state index in [1.165, 1.54) is 32.4 Å². The van der Waals surface area contributed by atoms with E-state index >= 15 is 0 Å². The molecule has 4 unspecified atom stereocenters. The molecule has 1 saturated carbocycles. The number of amides is 1. The fourth-order valence-electron chi connectivity index (χ4n) is 3.59. The highest BCUT2D eigenvalue weighted by atomic mass is 16.1. The first-order valence-corrected chi connectivity index (χ1v) is 8.35. The van der Waals surface area contributed by atoms with Crippen LogP contribution >= 0.6 is 0 Å². The topological polar surface area (TPSA) is 58.4 Å². The van der Waals surface area contributed by atoms with Gasteiger partial charge in [-0.1, -0.05) is 13.3 Å². The number of nitrogens with one attached hydrogen (secondary N) is 1. The van der Waals surface area contributed by atoms with E-state index < -0.39 is 0 Å². The molecule has 0 aromatic carbocycles. The molecule has 4 heteroatoms. The standard InChI is InChI=1S/C16H31N3O/c1-12-6-7-14(17)10-15(12)16(20)18-11-13(2)19-8-4-3-5-9-19/h12-15H,3-11,17H2,1-2H3,(H,18,20). The van der Waals surface area contributed by atoms with Crippen LogP contribution in [0.15, 0.2) is 0 Å². The van der Waals surface area contributed by atoms with E-state index in [1.54, 1.807) is 0 Å². The van der Waals surface area contributed by atoms with Crippen LogP contribution in [0, 0.1) is 11.8 Å². The lowest BCUT2D eigenvalue weighted by molar-refractivity contribution is -0.128. The summed E-state index contributed by atoms with van der Waals surface area (Å²) in [6.45, 7) is 7.55. The molecule has 116 valence electrons. The van der Waals surface area contributed by atoms with Crippen molar-refractivity contribution in [1.82, 2.24) is 10.2 Å². The number of hydrogen-bond acceptors (Lipinski definition) is 3. The highest BCUT2D eigenvalue weighted by molar-refractivity contribution is 5.79. The van der Waals surface area contributed by atoms with Gasteiger partial charge in [0.25, 0.3) is 0 Å². The highest BCUT2D eigenvalue weighted by Crippen LogP contribution is 2.29. The van der Waals surface area contributed by atoms with Gasteiger partial charge < -0.3 is 11.1 Å². The molecule has 3 N–H and O–H groups in total. The third-order valence-electron chi connectivity index (χ3n) is 5.16. The van der Waals surface area contributed by atoms with E-state index in [1.807, 2.05) is 0 Å². The minimum absolute atomic E-state index is 0.118. The number of likely N-dealkylation sites (tertiary alicyclic amines) is 1. The lowest BCUT2D eigenvalue weighted by Gasteiger charge is -2.34. The Bertz CT molecular complexity index is 315. The Labute approximate surface area is 123 Å². The minimum atomic E-state index is 0.118. The van der Waals surface area contributed by atoms with Crippen LogP contribution in [0.5, 0.6) is 0 Å². The zero-order chi connectivity index (χ0) is 14.5. The predicted molar refractivity (Wildman–Crippen MR) is 82.4 cm³/mol. The molecule has 20 heavy (non-hydrogen) atoms. The van der Waals surface area contributed by atoms with Gasteiger partial charge in [-0.05, 0) is 58.0 Å². The first kappa shape index (κ1) is 15.8. The summed E-state index contributed by atoms with van der Waals surface area (Å²) < 4.78 is 0. The van der Waals surface area contributed by atoms with Crippen LogP contribution in [0.3, 0.4) is 0 Å². The predicted octanol–water partition coefficient (Wildman–Crippen LogP) is 1.74. The molecule has 0 radical (unpaired) electrons. The molecular weight excluding hydrogens is 250 g/mol. The average molecular weight is 281 g/mol. The molecule has 4 nitrogen and oxygen atoms in total. The Morgan fingerprint density at radius 2 is 2.00 bits per heavy atom. The van der Waals surface area contributed by atoms with E-state index in [0.29, 0.717) is 12.0 Å². The molecule has 2 aliphatic rings. The molecular formula is C16H31N3O. The van der Waals surface area contributed by atoms with Crippen LogP contribution < -0.4 is 11.1 Å². The highest BCUT2D eigenvalue weighted by Gasteiger charge is 2.31. The fraction of sp³-hybridized carbons (Fsp3) is 0.938. The van der Waals surface area contributed by atoms with Crippen molar-refractivity contribution in [2.24, 2.45) is 17.6 Å². The third-order valence-corrected chi connectivity index (χ3v) is 5.16. The molecule has 1 saturated heterocycles. The van der Waals surface area contributed by atoms with E-state index in [2.05, 4.69) is 24.1 Å². The van der Waals surface area contributed by atoms with Gasteiger partial charge in [-0.25, -0.2) is 0 Å². The van der Waals surface area contributed by atoms with Crippen LogP contribution in [-0.2, 0) is 4.79 Å². The molecule has 0 spiro atoms. The maximum Gasteiger partial charge on any atom is 0.223 e. The molecule has 1 amide bonds. The van der Waals surface area contributed by atoms with Crippen LogP contribution in [0.2, 0.25) is 0 Å². The van der Waals surface area contributed by atoms with Crippen LogP contribution in [0.1, 0.15) is 52.4 Å². The second kappa shape index (κ2) is 7.41. The van der Waals surface area contributed by atoms with Gasteiger partial charge in [0, 0.05) is 24.5 Å². The van der Waals surface area contributed by atoms with Gasteiger partial charge in [0.2, 0.25) is 5.91 Å². The summed E-state index contributed by atoms with van der Waals surface area (Å²) in [7, 11) is 0. The molecule has 2 rings (SSSR count). The maximum atomic E-state index is 12.4. The van der Waals surface area contributed by atoms with Crippen LogP contribution in [0.25, 0.3) is 0 Å². The first-order valence-electron chi connectivity index (χ1n) is 8.35. The summed E-state index contributed by atoms with van der Waals surface area (Å²) in [5.74, 6) is 0.809. The smallest absolute Gasteiger partial charge is 0.223 e. The number of nitrogens with two attached hydrogens (primary N) is 1. The second-order valence-electron chi connectivity index (χ2n) is 6.85. The Hall–Kier alpha value is -0.610. The summed E-state index contributed by atoms with van der Waals surface area (Å²) in [5, 5.41) is 3.16. The Morgan fingerprint density at radius 3 is 2.70 bits per heavy atom. The first-order chi connectivity index (χ1) is 9.58. The van der Waals surface area contributed by atoms with Crippen molar-refractivity contribution in [3.63, 3.8) is 0 Å². The third kappa shape index (κ3) is 4.19. The quantitative estimate of drug-likeness (QED) is 0.825. The molecule has 0 aromatic heterocycles. The van der Waals surface area contributed by atoms with E-state index in [0.717, 1.165) is 25.8 Å². The normalized spacial score (nSPS) is 33.6. The van der Waals surface area contributed by atoms with Crippen molar-refractivity contribution in [2.75, 3.05) is 19.6 Å². The maximum absolute atomic E-state index is 12.4.